The summed E-state index contributed by atoms with van der Waals surface area (Å²) in [6.07, 6.45) is 6.46. The van der Waals surface area contributed by atoms with Gasteiger partial charge in [-0.3, -0.25) is 9.78 Å². The number of Topliss-reactive ketones (excluding diaryl/α,β-unsaturated/α-hetero) is 1. The molecule has 2 heterocycles. The van der Waals surface area contributed by atoms with Crippen molar-refractivity contribution in [3.8, 4) is 0 Å². The van der Waals surface area contributed by atoms with Crippen molar-refractivity contribution in [3.05, 3.63) is 24.3 Å². The van der Waals surface area contributed by atoms with E-state index >= 15 is 0 Å². The molecule has 0 radical (unpaired) electrons. The second-order valence-corrected chi connectivity index (χ2v) is 4.23. The Morgan fingerprint density at radius 2 is 2.13 bits per heavy atom. The third kappa shape index (κ3) is 2.04. The first kappa shape index (κ1) is 10.2. The Labute approximate surface area is 89.1 Å². The van der Waals surface area contributed by atoms with Gasteiger partial charge in [0.1, 0.15) is 5.69 Å². The zero-order valence-electron chi connectivity index (χ0n) is 8.86. The summed E-state index contributed by atoms with van der Waals surface area (Å²) in [6, 6.07) is 0. The van der Waals surface area contributed by atoms with Crippen LogP contribution in [0.1, 0.15) is 30.3 Å². The van der Waals surface area contributed by atoms with E-state index < -0.39 is 0 Å². The fourth-order valence-corrected chi connectivity index (χ4v) is 1.93. The average Bonchev–Trinajstić information content (AvgIpc) is 2.30. The Bertz CT molecular complexity index is 344. The maximum absolute atomic E-state index is 12.2. The van der Waals surface area contributed by atoms with Gasteiger partial charge in [0, 0.05) is 17.8 Å². The minimum absolute atomic E-state index is 0.122. The van der Waals surface area contributed by atoms with Crippen molar-refractivity contribution in [3.63, 3.8) is 0 Å². The predicted molar refractivity (Wildman–Crippen MR) is 56.6 cm³/mol. The van der Waals surface area contributed by atoms with E-state index in [9.17, 15) is 4.79 Å². The molecule has 0 amide bonds. The number of carbonyl (C=O) groups is 1. The number of rotatable bonds is 2. The monoisotopic (exact) mass is 205 g/mol. The van der Waals surface area contributed by atoms with Crippen LogP contribution in [0, 0.1) is 5.41 Å². The van der Waals surface area contributed by atoms with Gasteiger partial charge in [0.25, 0.3) is 0 Å². The van der Waals surface area contributed by atoms with Crippen LogP contribution in [0.25, 0.3) is 0 Å². The Morgan fingerprint density at radius 3 is 2.73 bits per heavy atom. The van der Waals surface area contributed by atoms with Gasteiger partial charge >= 0.3 is 0 Å². The molecular formula is C11H15N3O. The van der Waals surface area contributed by atoms with Gasteiger partial charge in [0.2, 0.25) is 0 Å². The molecule has 15 heavy (non-hydrogen) atoms. The van der Waals surface area contributed by atoms with Gasteiger partial charge in [-0.2, -0.15) is 0 Å². The standard InChI is InChI=1S/C11H15N3O/c1-11(2-4-12-5-3-11)10(15)9-8-13-6-7-14-9/h6-8,12H,2-5H2,1H3. The van der Waals surface area contributed by atoms with E-state index in [-0.39, 0.29) is 11.2 Å². The van der Waals surface area contributed by atoms with E-state index in [2.05, 4.69) is 15.3 Å². The van der Waals surface area contributed by atoms with Crippen LogP contribution < -0.4 is 5.32 Å². The molecule has 2 rings (SSSR count). The highest BCUT2D eigenvalue weighted by atomic mass is 16.1. The van der Waals surface area contributed by atoms with E-state index in [1.807, 2.05) is 6.92 Å². The molecule has 0 saturated carbocycles. The van der Waals surface area contributed by atoms with Crippen LogP contribution in [-0.2, 0) is 0 Å². The summed E-state index contributed by atoms with van der Waals surface area (Å²) in [5.41, 5.74) is 0.225. The molecule has 1 aromatic heterocycles. The molecule has 0 aliphatic carbocycles. The lowest BCUT2D eigenvalue weighted by atomic mass is 9.76. The highest BCUT2D eigenvalue weighted by Gasteiger charge is 2.35. The van der Waals surface area contributed by atoms with Gasteiger partial charge in [-0.05, 0) is 25.9 Å². The van der Waals surface area contributed by atoms with Crippen LogP contribution in [0.4, 0.5) is 0 Å². The third-order valence-electron chi connectivity index (χ3n) is 3.05. The van der Waals surface area contributed by atoms with Gasteiger partial charge in [-0.15, -0.1) is 0 Å². The summed E-state index contributed by atoms with van der Waals surface area (Å²) in [7, 11) is 0. The number of nitrogens with one attached hydrogen (secondary N) is 1. The van der Waals surface area contributed by atoms with E-state index in [4.69, 9.17) is 0 Å². The molecule has 80 valence electrons. The summed E-state index contributed by atoms with van der Waals surface area (Å²) in [6.45, 7) is 3.83. The molecule has 0 aromatic carbocycles. The minimum Gasteiger partial charge on any atom is -0.317 e. The molecule has 4 nitrogen and oxygen atoms in total. The number of hydrogen-bond acceptors (Lipinski definition) is 4. The molecule has 1 aliphatic rings. The first-order valence-corrected chi connectivity index (χ1v) is 5.24. The molecule has 0 bridgehead atoms. The number of aromatic nitrogens is 2. The van der Waals surface area contributed by atoms with Crippen LogP contribution in [0.2, 0.25) is 0 Å². The van der Waals surface area contributed by atoms with Crippen LogP contribution in [0.15, 0.2) is 18.6 Å². The van der Waals surface area contributed by atoms with Crippen molar-refractivity contribution in [2.45, 2.75) is 19.8 Å². The smallest absolute Gasteiger partial charge is 0.188 e. The molecule has 1 fully saturated rings. The Hall–Kier alpha value is -1.29. The maximum atomic E-state index is 12.2. The average molecular weight is 205 g/mol. The predicted octanol–water partition coefficient (Wildman–Crippen LogP) is 1.05. The van der Waals surface area contributed by atoms with E-state index in [0.717, 1.165) is 25.9 Å². The number of carbonyl (C=O) groups excluding carboxylic acids is 1. The van der Waals surface area contributed by atoms with E-state index in [0.29, 0.717) is 5.69 Å². The van der Waals surface area contributed by atoms with E-state index in [1.54, 1.807) is 18.6 Å². The van der Waals surface area contributed by atoms with Crippen LogP contribution >= 0.6 is 0 Å². The van der Waals surface area contributed by atoms with Crippen molar-refractivity contribution < 1.29 is 4.79 Å². The molecular weight excluding hydrogens is 190 g/mol. The molecule has 1 aliphatic heterocycles. The fraction of sp³-hybridized carbons (Fsp3) is 0.545. The first-order chi connectivity index (χ1) is 7.22. The van der Waals surface area contributed by atoms with Gasteiger partial charge in [-0.1, -0.05) is 6.92 Å². The van der Waals surface area contributed by atoms with Crippen molar-refractivity contribution in [1.82, 2.24) is 15.3 Å². The second kappa shape index (κ2) is 4.06. The fourth-order valence-electron chi connectivity index (χ4n) is 1.93. The summed E-state index contributed by atoms with van der Waals surface area (Å²) in [4.78, 5) is 20.2. The number of nitrogens with zero attached hydrogens (tertiary/aromatic N) is 2. The van der Waals surface area contributed by atoms with Crippen molar-refractivity contribution >= 4 is 5.78 Å². The van der Waals surface area contributed by atoms with Crippen molar-refractivity contribution in [2.75, 3.05) is 13.1 Å². The number of ketones is 1. The topological polar surface area (TPSA) is 54.9 Å². The molecule has 0 atom stereocenters. The van der Waals surface area contributed by atoms with Crippen molar-refractivity contribution in [1.29, 1.82) is 0 Å². The largest absolute Gasteiger partial charge is 0.317 e. The highest BCUT2D eigenvalue weighted by Crippen LogP contribution is 2.31. The molecule has 1 aromatic rings. The summed E-state index contributed by atoms with van der Waals surface area (Å²) >= 11 is 0. The number of piperidine rings is 1. The second-order valence-electron chi connectivity index (χ2n) is 4.23. The molecule has 0 spiro atoms. The zero-order valence-corrected chi connectivity index (χ0v) is 8.86. The van der Waals surface area contributed by atoms with Crippen LogP contribution in [-0.4, -0.2) is 28.8 Å². The molecule has 0 unspecified atom stereocenters. The lowest BCUT2D eigenvalue weighted by Crippen LogP contribution is -2.40. The maximum Gasteiger partial charge on any atom is 0.188 e. The lowest BCUT2D eigenvalue weighted by molar-refractivity contribution is 0.0756. The zero-order chi connectivity index (χ0) is 10.7. The Kier molecular flexibility index (Phi) is 2.77. The molecule has 4 heteroatoms. The SMILES string of the molecule is CC1(C(=O)c2cnccn2)CCNCC1. The van der Waals surface area contributed by atoms with Gasteiger partial charge in [0.05, 0.1) is 6.20 Å². The van der Waals surface area contributed by atoms with Crippen LogP contribution in [0.5, 0.6) is 0 Å². The third-order valence-corrected chi connectivity index (χ3v) is 3.05. The van der Waals surface area contributed by atoms with E-state index in [1.165, 1.54) is 0 Å². The Morgan fingerprint density at radius 1 is 1.40 bits per heavy atom. The summed E-state index contributed by atoms with van der Waals surface area (Å²) in [5.74, 6) is 0.122. The number of hydrogen-bond donors (Lipinski definition) is 1. The van der Waals surface area contributed by atoms with Gasteiger partial charge in [0.15, 0.2) is 5.78 Å². The Balaban J connectivity index is 2.20. The van der Waals surface area contributed by atoms with Gasteiger partial charge in [-0.25, -0.2) is 4.98 Å². The normalized spacial score (nSPS) is 19.8. The van der Waals surface area contributed by atoms with Crippen LogP contribution in [0.3, 0.4) is 0 Å². The van der Waals surface area contributed by atoms with Crippen molar-refractivity contribution in [2.24, 2.45) is 5.41 Å². The summed E-state index contributed by atoms with van der Waals surface area (Å²) < 4.78 is 0. The molecule has 1 N–H and O–H groups in total. The summed E-state index contributed by atoms with van der Waals surface area (Å²) in [5, 5.41) is 3.26. The highest BCUT2D eigenvalue weighted by molar-refractivity contribution is 5.98. The minimum atomic E-state index is -0.263. The molecule has 1 saturated heterocycles. The quantitative estimate of drug-likeness (QED) is 0.733. The first-order valence-electron chi connectivity index (χ1n) is 5.24. The van der Waals surface area contributed by atoms with Gasteiger partial charge < -0.3 is 5.32 Å². The lowest BCUT2D eigenvalue weighted by Gasteiger charge is -2.31.